The van der Waals surface area contributed by atoms with Crippen LogP contribution in [0.15, 0.2) is 42.6 Å². The summed E-state index contributed by atoms with van der Waals surface area (Å²) in [6.45, 7) is 0. The molecule has 0 saturated heterocycles. The van der Waals surface area contributed by atoms with Crippen molar-refractivity contribution in [2.45, 2.75) is 0 Å². The first-order valence-corrected chi connectivity index (χ1v) is 5.75. The standard InChI is InChI=1S/C14H12N2O4/c1-20-11-5-2-9(3-6-11)13(17)10-4-7-12(15-8-10)16-14(18)19/h2-8H,1H3,(H,15,16)(H,18,19). The third-order valence-corrected chi connectivity index (χ3v) is 2.61. The first-order valence-electron chi connectivity index (χ1n) is 5.75. The number of hydrogen-bond acceptors (Lipinski definition) is 4. The molecule has 1 aromatic heterocycles. The van der Waals surface area contributed by atoms with Crippen LogP contribution in [0.4, 0.5) is 10.6 Å². The molecule has 6 heteroatoms. The molecule has 2 N–H and O–H groups in total. The van der Waals surface area contributed by atoms with Crippen LogP contribution in [0, 0.1) is 0 Å². The number of nitrogens with one attached hydrogen (secondary N) is 1. The normalized spacial score (nSPS) is 9.85. The number of aromatic nitrogens is 1. The van der Waals surface area contributed by atoms with Crippen molar-refractivity contribution in [1.29, 1.82) is 0 Å². The van der Waals surface area contributed by atoms with Gasteiger partial charge in [-0.05, 0) is 36.4 Å². The summed E-state index contributed by atoms with van der Waals surface area (Å²) in [4.78, 5) is 26.5. The number of ether oxygens (including phenoxy) is 1. The molecule has 0 aliphatic heterocycles. The second-order valence-corrected chi connectivity index (χ2v) is 3.92. The van der Waals surface area contributed by atoms with Gasteiger partial charge in [0.25, 0.3) is 0 Å². The number of nitrogens with zero attached hydrogens (tertiary/aromatic N) is 1. The predicted molar refractivity (Wildman–Crippen MR) is 72.3 cm³/mol. The Kier molecular flexibility index (Phi) is 3.95. The number of amides is 1. The van der Waals surface area contributed by atoms with E-state index in [1.54, 1.807) is 31.4 Å². The Morgan fingerprint density at radius 2 is 1.75 bits per heavy atom. The molecule has 0 aliphatic rings. The fourth-order valence-electron chi connectivity index (χ4n) is 1.62. The van der Waals surface area contributed by atoms with E-state index in [2.05, 4.69) is 10.3 Å². The number of ketones is 1. The highest BCUT2D eigenvalue weighted by Gasteiger charge is 2.10. The van der Waals surface area contributed by atoms with Gasteiger partial charge in [0.15, 0.2) is 5.78 Å². The molecule has 2 rings (SSSR count). The molecule has 20 heavy (non-hydrogen) atoms. The fraction of sp³-hybridized carbons (Fsp3) is 0.0714. The van der Waals surface area contributed by atoms with Crippen LogP contribution in [0.25, 0.3) is 0 Å². The second kappa shape index (κ2) is 5.83. The fourth-order valence-corrected chi connectivity index (χ4v) is 1.62. The molecule has 0 atom stereocenters. The monoisotopic (exact) mass is 272 g/mol. The van der Waals surface area contributed by atoms with Gasteiger partial charge in [0.05, 0.1) is 7.11 Å². The summed E-state index contributed by atoms with van der Waals surface area (Å²) in [5.41, 5.74) is 0.887. The lowest BCUT2D eigenvalue weighted by atomic mass is 10.1. The SMILES string of the molecule is COc1ccc(C(=O)c2ccc(NC(=O)O)nc2)cc1. The molecule has 0 saturated carbocycles. The van der Waals surface area contributed by atoms with Gasteiger partial charge in [0.1, 0.15) is 11.6 Å². The molecule has 6 nitrogen and oxygen atoms in total. The lowest BCUT2D eigenvalue weighted by Crippen LogP contribution is -2.09. The van der Waals surface area contributed by atoms with E-state index in [-0.39, 0.29) is 11.6 Å². The third kappa shape index (κ3) is 3.11. The second-order valence-electron chi connectivity index (χ2n) is 3.92. The molecule has 0 spiro atoms. The van der Waals surface area contributed by atoms with Gasteiger partial charge in [0.2, 0.25) is 0 Å². The van der Waals surface area contributed by atoms with Crippen LogP contribution in [-0.2, 0) is 0 Å². The highest BCUT2D eigenvalue weighted by molar-refractivity contribution is 6.09. The van der Waals surface area contributed by atoms with Gasteiger partial charge in [-0.15, -0.1) is 0 Å². The molecule has 102 valence electrons. The lowest BCUT2D eigenvalue weighted by molar-refractivity contribution is 0.103. The van der Waals surface area contributed by atoms with Gasteiger partial charge in [-0.2, -0.15) is 0 Å². The molecule has 0 bridgehead atoms. The Morgan fingerprint density at radius 1 is 1.10 bits per heavy atom. The maximum absolute atomic E-state index is 12.2. The number of benzene rings is 1. The molecular weight excluding hydrogens is 260 g/mol. The third-order valence-electron chi connectivity index (χ3n) is 2.61. The van der Waals surface area contributed by atoms with Gasteiger partial charge < -0.3 is 9.84 Å². The number of pyridine rings is 1. The molecule has 2 aromatic rings. The van der Waals surface area contributed by atoms with E-state index in [1.165, 1.54) is 18.3 Å². The summed E-state index contributed by atoms with van der Waals surface area (Å²) in [6, 6.07) is 9.66. The van der Waals surface area contributed by atoms with E-state index in [0.717, 1.165) is 0 Å². The Labute approximate surface area is 115 Å². The average Bonchev–Trinajstić information content (AvgIpc) is 2.47. The summed E-state index contributed by atoms with van der Waals surface area (Å²) in [7, 11) is 1.55. The highest BCUT2D eigenvalue weighted by Crippen LogP contribution is 2.15. The lowest BCUT2D eigenvalue weighted by Gasteiger charge is -2.04. The zero-order chi connectivity index (χ0) is 14.5. The first kappa shape index (κ1) is 13.5. The van der Waals surface area contributed by atoms with Gasteiger partial charge >= 0.3 is 6.09 Å². The Morgan fingerprint density at radius 3 is 2.25 bits per heavy atom. The molecule has 0 unspecified atom stereocenters. The summed E-state index contributed by atoms with van der Waals surface area (Å²) >= 11 is 0. The van der Waals surface area contributed by atoms with E-state index in [0.29, 0.717) is 16.9 Å². The maximum Gasteiger partial charge on any atom is 0.410 e. The largest absolute Gasteiger partial charge is 0.497 e. The van der Waals surface area contributed by atoms with Gasteiger partial charge in [0, 0.05) is 17.3 Å². The molecule has 0 aliphatic carbocycles. The predicted octanol–water partition coefficient (Wildman–Crippen LogP) is 2.41. The number of carboxylic acid groups (broad SMARTS) is 1. The smallest absolute Gasteiger partial charge is 0.410 e. The number of carbonyl (C=O) groups excluding carboxylic acids is 1. The zero-order valence-electron chi connectivity index (χ0n) is 10.7. The van der Waals surface area contributed by atoms with Crippen molar-refractivity contribution < 1.29 is 19.4 Å². The van der Waals surface area contributed by atoms with E-state index in [4.69, 9.17) is 9.84 Å². The number of anilines is 1. The first-order chi connectivity index (χ1) is 9.60. The van der Waals surface area contributed by atoms with Gasteiger partial charge in [-0.1, -0.05) is 0 Å². The van der Waals surface area contributed by atoms with Crippen LogP contribution in [0.1, 0.15) is 15.9 Å². The molecule has 1 amide bonds. The average molecular weight is 272 g/mol. The number of methoxy groups -OCH3 is 1. The highest BCUT2D eigenvalue weighted by atomic mass is 16.5. The summed E-state index contributed by atoms with van der Waals surface area (Å²) in [5, 5.41) is 10.6. The maximum atomic E-state index is 12.2. The van der Waals surface area contributed by atoms with Crippen molar-refractivity contribution in [3.8, 4) is 5.75 Å². The summed E-state index contributed by atoms with van der Waals surface area (Å²) < 4.78 is 5.02. The van der Waals surface area contributed by atoms with Gasteiger partial charge in [-0.3, -0.25) is 10.1 Å². The van der Waals surface area contributed by atoms with Crippen molar-refractivity contribution in [2.24, 2.45) is 0 Å². The van der Waals surface area contributed by atoms with Crippen molar-refractivity contribution in [1.82, 2.24) is 4.98 Å². The minimum atomic E-state index is -1.20. The minimum absolute atomic E-state index is 0.170. The van der Waals surface area contributed by atoms with Crippen LogP contribution in [0.5, 0.6) is 5.75 Å². The molecule has 0 radical (unpaired) electrons. The van der Waals surface area contributed by atoms with Crippen LogP contribution in [0.3, 0.4) is 0 Å². The van der Waals surface area contributed by atoms with E-state index in [9.17, 15) is 9.59 Å². The summed E-state index contributed by atoms with van der Waals surface area (Å²) in [6.07, 6.45) is 0.129. The Balaban J connectivity index is 2.17. The van der Waals surface area contributed by atoms with Crippen LogP contribution in [0.2, 0.25) is 0 Å². The number of hydrogen-bond donors (Lipinski definition) is 2. The molecule has 1 heterocycles. The van der Waals surface area contributed by atoms with Crippen molar-refractivity contribution in [2.75, 3.05) is 12.4 Å². The van der Waals surface area contributed by atoms with Gasteiger partial charge in [-0.25, -0.2) is 9.78 Å². The quantitative estimate of drug-likeness (QED) is 0.834. The van der Waals surface area contributed by atoms with Crippen LogP contribution < -0.4 is 10.1 Å². The Bertz CT molecular complexity index is 621. The Hall–Kier alpha value is -2.89. The topological polar surface area (TPSA) is 88.5 Å². The van der Waals surface area contributed by atoms with Crippen molar-refractivity contribution >= 4 is 17.7 Å². The minimum Gasteiger partial charge on any atom is -0.497 e. The number of carbonyl (C=O) groups is 2. The number of rotatable bonds is 4. The van der Waals surface area contributed by atoms with Crippen molar-refractivity contribution in [3.63, 3.8) is 0 Å². The van der Waals surface area contributed by atoms with E-state index < -0.39 is 6.09 Å². The molecule has 1 aromatic carbocycles. The zero-order valence-corrected chi connectivity index (χ0v) is 10.7. The van der Waals surface area contributed by atoms with Crippen LogP contribution >= 0.6 is 0 Å². The molecular formula is C14H12N2O4. The van der Waals surface area contributed by atoms with Crippen LogP contribution in [-0.4, -0.2) is 29.1 Å². The summed E-state index contributed by atoms with van der Waals surface area (Å²) in [5.74, 6) is 0.645. The van der Waals surface area contributed by atoms with Crippen molar-refractivity contribution in [3.05, 3.63) is 53.7 Å². The molecule has 0 fully saturated rings. The van der Waals surface area contributed by atoms with E-state index in [1.807, 2.05) is 0 Å². The van der Waals surface area contributed by atoms with E-state index >= 15 is 0 Å².